The fourth-order valence-electron chi connectivity index (χ4n) is 2.22. The fourth-order valence-corrected chi connectivity index (χ4v) is 2.22. The van der Waals surface area contributed by atoms with Crippen LogP contribution < -0.4 is 4.74 Å². The van der Waals surface area contributed by atoms with Crippen LogP contribution in [0.4, 0.5) is 0 Å². The van der Waals surface area contributed by atoms with Gasteiger partial charge in [-0.25, -0.2) is 9.78 Å². The summed E-state index contributed by atoms with van der Waals surface area (Å²) in [6, 6.07) is 3.50. The number of carboxylic acid groups (broad SMARTS) is 1. The molecule has 0 amide bonds. The van der Waals surface area contributed by atoms with Crippen molar-refractivity contribution in [1.29, 1.82) is 0 Å². The third-order valence-corrected chi connectivity index (χ3v) is 3.15. The molecule has 7 heteroatoms. The molecule has 3 heterocycles. The molecular formula is C14H13N3O4. The summed E-state index contributed by atoms with van der Waals surface area (Å²) in [5, 5.41) is 14.2. The van der Waals surface area contributed by atoms with Gasteiger partial charge in [-0.3, -0.25) is 4.68 Å². The molecule has 1 N–H and O–H groups in total. The second-order valence-corrected chi connectivity index (χ2v) is 4.58. The summed E-state index contributed by atoms with van der Waals surface area (Å²) < 4.78 is 12.5. The van der Waals surface area contributed by atoms with Crippen molar-refractivity contribution in [2.75, 3.05) is 0 Å². The van der Waals surface area contributed by atoms with Crippen molar-refractivity contribution in [2.45, 2.75) is 13.5 Å². The van der Waals surface area contributed by atoms with Crippen LogP contribution in [0, 0.1) is 6.92 Å². The van der Waals surface area contributed by atoms with Gasteiger partial charge >= 0.3 is 5.97 Å². The fraction of sp³-hybridized carbons (Fsp3) is 0.214. The SMILES string of the molecule is Cc1nn(C)c2ncc(C(=O)O)c(OCc3ccco3)c12. The monoisotopic (exact) mass is 287 g/mol. The average molecular weight is 287 g/mol. The lowest BCUT2D eigenvalue weighted by molar-refractivity contribution is 0.0691. The van der Waals surface area contributed by atoms with Crippen molar-refractivity contribution >= 4 is 17.0 Å². The largest absolute Gasteiger partial charge is 0.484 e. The van der Waals surface area contributed by atoms with Crippen LogP contribution in [0.3, 0.4) is 0 Å². The summed E-state index contributed by atoms with van der Waals surface area (Å²) in [4.78, 5) is 15.5. The Kier molecular flexibility index (Phi) is 3.09. The Morgan fingerprint density at radius 3 is 3.00 bits per heavy atom. The van der Waals surface area contributed by atoms with Gasteiger partial charge in [0.2, 0.25) is 0 Å². The molecule has 0 bridgehead atoms. The van der Waals surface area contributed by atoms with Gasteiger partial charge in [-0.1, -0.05) is 0 Å². The van der Waals surface area contributed by atoms with Crippen LogP contribution in [0.25, 0.3) is 11.0 Å². The second-order valence-electron chi connectivity index (χ2n) is 4.58. The zero-order chi connectivity index (χ0) is 15.0. The number of aryl methyl sites for hydroxylation is 2. The van der Waals surface area contributed by atoms with Crippen LogP contribution in [0.1, 0.15) is 21.8 Å². The van der Waals surface area contributed by atoms with Gasteiger partial charge in [0.25, 0.3) is 0 Å². The van der Waals surface area contributed by atoms with E-state index < -0.39 is 5.97 Å². The molecule has 0 radical (unpaired) electrons. The maximum absolute atomic E-state index is 11.4. The van der Waals surface area contributed by atoms with Crippen LogP contribution in [-0.4, -0.2) is 25.8 Å². The molecule has 108 valence electrons. The Bertz CT molecular complexity index is 805. The summed E-state index contributed by atoms with van der Waals surface area (Å²) in [6.45, 7) is 1.93. The Morgan fingerprint density at radius 2 is 2.33 bits per heavy atom. The van der Waals surface area contributed by atoms with Crippen molar-refractivity contribution in [3.63, 3.8) is 0 Å². The van der Waals surface area contributed by atoms with E-state index in [4.69, 9.17) is 9.15 Å². The zero-order valence-electron chi connectivity index (χ0n) is 11.5. The Labute approximate surface area is 119 Å². The van der Waals surface area contributed by atoms with Crippen molar-refractivity contribution in [3.8, 4) is 5.75 Å². The Morgan fingerprint density at radius 1 is 1.52 bits per heavy atom. The maximum atomic E-state index is 11.4. The number of rotatable bonds is 4. The van der Waals surface area contributed by atoms with Crippen LogP contribution in [-0.2, 0) is 13.7 Å². The van der Waals surface area contributed by atoms with E-state index in [0.29, 0.717) is 22.5 Å². The second kappa shape index (κ2) is 4.93. The van der Waals surface area contributed by atoms with E-state index in [1.165, 1.54) is 12.5 Å². The van der Waals surface area contributed by atoms with Gasteiger partial charge in [0.15, 0.2) is 5.65 Å². The quantitative estimate of drug-likeness (QED) is 0.790. The highest BCUT2D eigenvalue weighted by Crippen LogP contribution is 2.31. The van der Waals surface area contributed by atoms with E-state index in [-0.39, 0.29) is 17.9 Å². The smallest absolute Gasteiger partial charge is 0.341 e. The highest BCUT2D eigenvalue weighted by Gasteiger charge is 2.21. The molecule has 0 aromatic carbocycles. The Balaban J connectivity index is 2.12. The normalized spacial score (nSPS) is 11.0. The third-order valence-electron chi connectivity index (χ3n) is 3.15. The van der Waals surface area contributed by atoms with E-state index in [2.05, 4.69) is 10.1 Å². The number of carboxylic acids is 1. The number of nitrogens with zero attached hydrogens (tertiary/aromatic N) is 3. The molecule has 3 aromatic heterocycles. The lowest BCUT2D eigenvalue weighted by Gasteiger charge is -2.09. The number of aromatic nitrogens is 3. The van der Waals surface area contributed by atoms with Gasteiger partial charge in [-0.2, -0.15) is 5.10 Å². The summed E-state index contributed by atoms with van der Waals surface area (Å²) in [7, 11) is 1.75. The van der Waals surface area contributed by atoms with E-state index >= 15 is 0 Å². The van der Waals surface area contributed by atoms with Gasteiger partial charge in [0, 0.05) is 13.2 Å². The highest BCUT2D eigenvalue weighted by atomic mass is 16.5. The van der Waals surface area contributed by atoms with E-state index in [1.807, 2.05) is 0 Å². The Hall–Kier alpha value is -2.83. The predicted octanol–water partition coefficient (Wildman–Crippen LogP) is 2.15. The van der Waals surface area contributed by atoms with Crippen molar-refractivity contribution in [1.82, 2.24) is 14.8 Å². The molecule has 0 aliphatic rings. The first kappa shape index (κ1) is 13.2. The average Bonchev–Trinajstić information content (AvgIpc) is 3.05. The summed E-state index contributed by atoms with van der Waals surface area (Å²) in [5.74, 6) is -0.227. The summed E-state index contributed by atoms with van der Waals surface area (Å²) in [5.41, 5.74) is 1.25. The molecule has 21 heavy (non-hydrogen) atoms. The lowest BCUT2D eigenvalue weighted by atomic mass is 10.2. The molecule has 3 aromatic rings. The summed E-state index contributed by atoms with van der Waals surface area (Å²) in [6.07, 6.45) is 2.82. The maximum Gasteiger partial charge on any atom is 0.341 e. The molecule has 3 rings (SSSR count). The van der Waals surface area contributed by atoms with Crippen LogP contribution in [0.15, 0.2) is 29.0 Å². The minimum Gasteiger partial charge on any atom is -0.484 e. The van der Waals surface area contributed by atoms with Crippen molar-refractivity contribution in [3.05, 3.63) is 41.6 Å². The van der Waals surface area contributed by atoms with E-state index in [0.717, 1.165) is 0 Å². The molecule has 0 saturated heterocycles. The molecule has 7 nitrogen and oxygen atoms in total. The number of pyridine rings is 1. The minimum absolute atomic E-state index is 0.00477. The third kappa shape index (κ3) is 2.22. The highest BCUT2D eigenvalue weighted by molar-refractivity contribution is 5.98. The van der Waals surface area contributed by atoms with Gasteiger partial charge in [-0.15, -0.1) is 0 Å². The van der Waals surface area contributed by atoms with Crippen molar-refractivity contribution in [2.24, 2.45) is 7.05 Å². The summed E-state index contributed by atoms with van der Waals surface area (Å²) >= 11 is 0. The van der Waals surface area contributed by atoms with Gasteiger partial charge < -0.3 is 14.3 Å². The molecule has 0 saturated carbocycles. The number of hydrogen-bond donors (Lipinski definition) is 1. The van der Waals surface area contributed by atoms with E-state index in [9.17, 15) is 9.90 Å². The lowest BCUT2D eigenvalue weighted by Crippen LogP contribution is -2.05. The zero-order valence-corrected chi connectivity index (χ0v) is 11.5. The number of furan rings is 1. The number of carbonyl (C=O) groups is 1. The number of hydrogen-bond acceptors (Lipinski definition) is 5. The topological polar surface area (TPSA) is 90.4 Å². The molecule has 0 atom stereocenters. The number of ether oxygens (including phenoxy) is 1. The molecular weight excluding hydrogens is 274 g/mol. The number of fused-ring (bicyclic) bond motifs is 1. The molecule has 0 unspecified atom stereocenters. The molecule has 0 aliphatic heterocycles. The van der Waals surface area contributed by atoms with Crippen LogP contribution in [0.5, 0.6) is 5.75 Å². The van der Waals surface area contributed by atoms with Gasteiger partial charge in [0.1, 0.15) is 23.7 Å². The first-order chi connectivity index (χ1) is 10.1. The van der Waals surface area contributed by atoms with E-state index in [1.54, 1.807) is 30.8 Å². The van der Waals surface area contributed by atoms with Crippen LogP contribution in [0.2, 0.25) is 0 Å². The molecule has 0 fully saturated rings. The first-order valence-corrected chi connectivity index (χ1v) is 6.28. The molecule has 0 spiro atoms. The predicted molar refractivity (Wildman–Crippen MR) is 73.2 cm³/mol. The first-order valence-electron chi connectivity index (χ1n) is 6.28. The van der Waals surface area contributed by atoms with Crippen LogP contribution >= 0.6 is 0 Å². The molecule has 0 aliphatic carbocycles. The van der Waals surface area contributed by atoms with Crippen molar-refractivity contribution < 1.29 is 19.1 Å². The minimum atomic E-state index is -1.10. The number of aromatic carboxylic acids is 1. The van der Waals surface area contributed by atoms with Gasteiger partial charge in [0.05, 0.1) is 17.3 Å². The standard InChI is InChI=1S/C14H13N3O4/c1-8-11-12(21-7-9-4-3-5-20-9)10(14(18)19)6-15-13(11)17(2)16-8/h3-6H,7H2,1-2H3,(H,18,19). The van der Waals surface area contributed by atoms with Gasteiger partial charge in [-0.05, 0) is 19.1 Å².